The van der Waals surface area contributed by atoms with Gasteiger partial charge in [-0.2, -0.15) is 0 Å². The quantitative estimate of drug-likeness (QED) is 0.343. The smallest absolute Gasteiger partial charge is 0.270 e. The number of nitrogens with one attached hydrogen (secondary N) is 1. The van der Waals surface area contributed by atoms with Gasteiger partial charge in [0.25, 0.3) is 11.8 Å². The van der Waals surface area contributed by atoms with Crippen LogP contribution in [0, 0.1) is 5.82 Å². The molecule has 2 aromatic carbocycles. The standard InChI is InChI=1S/C21H12BrFN2O3S/c22-13-2-1-3-15(10-13)25-20(27)17(19(26)24-21(25)29)11-16-8-9-18(28-16)12-4-6-14(23)7-5-12/h1-11H,(H,24,26,29)/b17-11-. The van der Waals surface area contributed by atoms with Crippen LogP contribution in [-0.4, -0.2) is 16.9 Å². The minimum absolute atomic E-state index is 0.00157. The molecule has 0 aliphatic carbocycles. The van der Waals surface area contributed by atoms with Crippen molar-refractivity contribution in [3.63, 3.8) is 0 Å². The van der Waals surface area contributed by atoms with E-state index in [1.54, 1.807) is 42.5 Å². The number of carbonyl (C=O) groups excluding carboxylic acids is 2. The van der Waals surface area contributed by atoms with E-state index in [9.17, 15) is 14.0 Å². The molecule has 0 atom stereocenters. The molecule has 3 aromatic rings. The van der Waals surface area contributed by atoms with E-state index in [0.717, 1.165) is 4.47 Å². The molecular weight excluding hydrogens is 459 g/mol. The average Bonchev–Trinajstić information content (AvgIpc) is 3.14. The van der Waals surface area contributed by atoms with Crippen LogP contribution in [0.3, 0.4) is 0 Å². The summed E-state index contributed by atoms with van der Waals surface area (Å²) < 4.78 is 19.6. The minimum atomic E-state index is -0.606. The zero-order chi connectivity index (χ0) is 20.5. The highest BCUT2D eigenvalue weighted by molar-refractivity contribution is 9.10. The molecule has 5 nitrogen and oxygen atoms in total. The van der Waals surface area contributed by atoms with Crippen LogP contribution in [0.5, 0.6) is 0 Å². The molecule has 0 radical (unpaired) electrons. The Hall–Kier alpha value is -3.10. The van der Waals surface area contributed by atoms with Crippen LogP contribution < -0.4 is 10.2 Å². The summed E-state index contributed by atoms with van der Waals surface area (Å²) in [5, 5.41) is 2.53. The first-order valence-corrected chi connectivity index (χ1v) is 9.65. The second-order valence-electron chi connectivity index (χ2n) is 6.15. The third-order valence-corrected chi connectivity index (χ3v) is 4.99. The summed E-state index contributed by atoms with van der Waals surface area (Å²) in [6.45, 7) is 0. The highest BCUT2D eigenvalue weighted by atomic mass is 79.9. The van der Waals surface area contributed by atoms with Crippen LogP contribution in [0.4, 0.5) is 10.1 Å². The monoisotopic (exact) mass is 470 g/mol. The Labute approximate surface area is 178 Å². The summed E-state index contributed by atoms with van der Waals surface area (Å²) in [4.78, 5) is 26.6. The summed E-state index contributed by atoms with van der Waals surface area (Å²) in [6.07, 6.45) is 1.36. The molecule has 1 saturated heterocycles. The minimum Gasteiger partial charge on any atom is -0.457 e. The Morgan fingerprint density at radius 2 is 1.83 bits per heavy atom. The van der Waals surface area contributed by atoms with Gasteiger partial charge in [-0.25, -0.2) is 4.39 Å². The maximum absolute atomic E-state index is 13.1. The van der Waals surface area contributed by atoms with E-state index in [4.69, 9.17) is 16.6 Å². The fourth-order valence-electron chi connectivity index (χ4n) is 2.85. The Morgan fingerprint density at radius 1 is 1.07 bits per heavy atom. The van der Waals surface area contributed by atoms with Crippen molar-refractivity contribution in [1.82, 2.24) is 5.32 Å². The highest BCUT2D eigenvalue weighted by Crippen LogP contribution is 2.27. The number of hydrogen-bond donors (Lipinski definition) is 1. The number of benzene rings is 2. The van der Waals surface area contributed by atoms with Gasteiger partial charge in [0.1, 0.15) is 22.9 Å². The van der Waals surface area contributed by atoms with Crippen LogP contribution in [0.1, 0.15) is 5.76 Å². The number of amides is 2. The molecule has 1 aliphatic heterocycles. The maximum Gasteiger partial charge on any atom is 0.270 e. The van der Waals surface area contributed by atoms with Gasteiger partial charge in [-0.3, -0.25) is 19.8 Å². The van der Waals surface area contributed by atoms with E-state index >= 15 is 0 Å². The molecule has 0 unspecified atom stereocenters. The van der Waals surface area contributed by atoms with Crippen molar-refractivity contribution in [2.45, 2.75) is 0 Å². The number of furan rings is 1. The second kappa shape index (κ2) is 7.73. The van der Waals surface area contributed by atoms with Crippen molar-refractivity contribution >= 4 is 56.8 Å². The van der Waals surface area contributed by atoms with E-state index in [1.807, 2.05) is 6.07 Å². The van der Waals surface area contributed by atoms with Gasteiger partial charge in [0.2, 0.25) is 0 Å². The van der Waals surface area contributed by atoms with Crippen LogP contribution >= 0.6 is 28.1 Å². The van der Waals surface area contributed by atoms with Gasteiger partial charge in [0.05, 0.1) is 5.69 Å². The Bertz CT molecular complexity index is 1170. The number of hydrogen-bond acceptors (Lipinski definition) is 4. The second-order valence-corrected chi connectivity index (χ2v) is 7.45. The van der Waals surface area contributed by atoms with Crippen molar-refractivity contribution in [2.24, 2.45) is 0 Å². The molecule has 29 heavy (non-hydrogen) atoms. The zero-order valence-corrected chi connectivity index (χ0v) is 17.1. The van der Waals surface area contributed by atoms with E-state index in [0.29, 0.717) is 22.8 Å². The Morgan fingerprint density at radius 3 is 2.55 bits per heavy atom. The normalized spacial score (nSPS) is 15.7. The summed E-state index contributed by atoms with van der Waals surface area (Å²) in [6, 6.07) is 16.1. The summed E-state index contributed by atoms with van der Waals surface area (Å²) in [7, 11) is 0. The molecule has 1 N–H and O–H groups in total. The van der Waals surface area contributed by atoms with Gasteiger partial charge in [-0.15, -0.1) is 0 Å². The van der Waals surface area contributed by atoms with Gasteiger partial charge in [-0.05, 0) is 72.9 Å². The van der Waals surface area contributed by atoms with Gasteiger partial charge in [0, 0.05) is 10.0 Å². The molecule has 0 saturated carbocycles. The Kier molecular flexibility index (Phi) is 5.12. The van der Waals surface area contributed by atoms with Gasteiger partial charge in [-0.1, -0.05) is 22.0 Å². The predicted molar refractivity (Wildman–Crippen MR) is 114 cm³/mol. The zero-order valence-electron chi connectivity index (χ0n) is 14.7. The van der Waals surface area contributed by atoms with Crippen LogP contribution in [-0.2, 0) is 9.59 Å². The molecule has 1 aliphatic rings. The number of nitrogens with zero attached hydrogens (tertiary/aromatic N) is 1. The molecule has 4 rings (SSSR count). The van der Waals surface area contributed by atoms with Crippen LogP contribution in [0.2, 0.25) is 0 Å². The lowest BCUT2D eigenvalue weighted by molar-refractivity contribution is -0.122. The largest absolute Gasteiger partial charge is 0.457 e. The summed E-state index contributed by atoms with van der Waals surface area (Å²) >= 11 is 8.54. The molecule has 0 spiro atoms. The van der Waals surface area contributed by atoms with E-state index in [1.165, 1.54) is 23.1 Å². The third-order valence-electron chi connectivity index (χ3n) is 4.21. The SMILES string of the molecule is O=C1NC(=S)N(c2cccc(Br)c2)C(=O)/C1=C\c1ccc(-c2ccc(F)cc2)o1. The summed E-state index contributed by atoms with van der Waals surface area (Å²) in [5.74, 6) is -0.719. The lowest BCUT2D eigenvalue weighted by atomic mass is 10.1. The molecule has 144 valence electrons. The fourth-order valence-corrected chi connectivity index (χ4v) is 3.52. The molecule has 8 heteroatoms. The van der Waals surface area contributed by atoms with Crippen molar-refractivity contribution in [3.05, 3.63) is 82.3 Å². The van der Waals surface area contributed by atoms with Gasteiger partial charge >= 0.3 is 0 Å². The molecule has 1 aromatic heterocycles. The Balaban J connectivity index is 1.67. The highest BCUT2D eigenvalue weighted by Gasteiger charge is 2.34. The topological polar surface area (TPSA) is 62.6 Å². The maximum atomic E-state index is 13.1. The first-order chi connectivity index (χ1) is 13.9. The number of thiocarbonyl (C=S) groups is 1. The van der Waals surface area contributed by atoms with Crippen molar-refractivity contribution in [3.8, 4) is 11.3 Å². The number of rotatable bonds is 3. The lowest BCUT2D eigenvalue weighted by Crippen LogP contribution is -2.54. The molecule has 2 amide bonds. The average molecular weight is 471 g/mol. The van der Waals surface area contributed by atoms with Gasteiger partial charge in [0.15, 0.2) is 5.11 Å². The summed E-state index contributed by atoms with van der Waals surface area (Å²) in [5.41, 5.74) is 1.08. The lowest BCUT2D eigenvalue weighted by Gasteiger charge is -2.28. The molecule has 2 heterocycles. The number of anilines is 1. The first kappa shape index (κ1) is 19.2. The molecule has 1 fully saturated rings. The number of halogens is 2. The van der Waals surface area contributed by atoms with E-state index in [-0.39, 0.29) is 16.5 Å². The molecule has 0 bridgehead atoms. The number of carbonyl (C=O) groups is 2. The van der Waals surface area contributed by atoms with Crippen LogP contribution in [0.15, 0.2) is 75.1 Å². The van der Waals surface area contributed by atoms with Crippen molar-refractivity contribution in [2.75, 3.05) is 4.90 Å². The predicted octanol–water partition coefficient (Wildman–Crippen LogP) is 4.68. The van der Waals surface area contributed by atoms with Crippen molar-refractivity contribution in [1.29, 1.82) is 0 Å². The van der Waals surface area contributed by atoms with E-state index in [2.05, 4.69) is 21.2 Å². The van der Waals surface area contributed by atoms with E-state index < -0.39 is 11.8 Å². The third kappa shape index (κ3) is 3.90. The first-order valence-electron chi connectivity index (χ1n) is 8.45. The van der Waals surface area contributed by atoms with Crippen molar-refractivity contribution < 1.29 is 18.4 Å². The van der Waals surface area contributed by atoms with Crippen LogP contribution in [0.25, 0.3) is 17.4 Å². The fraction of sp³-hybridized carbons (Fsp3) is 0. The van der Waals surface area contributed by atoms with Gasteiger partial charge < -0.3 is 4.42 Å². The molecular formula is C21H12BrFN2O3S.